The molecule has 1 rings (SSSR count). The first-order chi connectivity index (χ1) is 8.79. The molecule has 1 aromatic rings. The van der Waals surface area contributed by atoms with Crippen molar-refractivity contribution in [2.24, 2.45) is 0 Å². The molecule has 0 aliphatic heterocycles. The molecule has 18 heavy (non-hydrogen) atoms. The van der Waals surface area contributed by atoms with E-state index in [0.29, 0.717) is 17.9 Å². The lowest BCUT2D eigenvalue weighted by Gasteiger charge is -2.08. The molecule has 0 bridgehead atoms. The van der Waals surface area contributed by atoms with Gasteiger partial charge in [0.05, 0.1) is 5.69 Å². The maximum atomic E-state index is 13.8. The van der Waals surface area contributed by atoms with Gasteiger partial charge in [-0.2, -0.15) is 0 Å². The summed E-state index contributed by atoms with van der Waals surface area (Å²) >= 11 is 0. The molecule has 0 saturated heterocycles. The van der Waals surface area contributed by atoms with Crippen LogP contribution in [-0.2, 0) is 6.42 Å². The number of nitrogens with one attached hydrogen (secondary N) is 1. The van der Waals surface area contributed by atoms with Crippen LogP contribution in [0.2, 0.25) is 0 Å². The number of hydrogen-bond donors (Lipinski definition) is 1. The second kappa shape index (κ2) is 8.84. The van der Waals surface area contributed by atoms with Crippen LogP contribution in [0.15, 0.2) is 6.33 Å². The number of nitrogens with zero attached hydrogens (tertiary/aromatic N) is 2. The Morgan fingerprint density at radius 1 is 1.06 bits per heavy atom. The molecular weight excluding hydrogens is 229 g/mol. The van der Waals surface area contributed by atoms with Crippen LogP contribution in [-0.4, -0.2) is 16.5 Å². The Hall–Kier alpha value is -1.19. The molecule has 1 heterocycles. The van der Waals surface area contributed by atoms with Crippen molar-refractivity contribution in [1.29, 1.82) is 0 Å². The minimum absolute atomic E-state index is 0.300. The van der Waals surface area contributed by atoms with Gasteiger partial charge in [0, 0.05) is 6.54 Å². The number of rotatable bonds is 9. The summed E-state index contributed by atoms with van der Waals surface area (Å²) in [5, 5.41) is 3.05. The van der Waals surface area contributed by atoms with Crippen molar-refractivity contribution in [3.8, 4) is 0 Å². The van der Waals surface area contributed by atoms with Crippen molar-refractivity contribution in [2.75, 3.05) is 11.9 Å². The minimum Gasteiger partial charge on any atom is -0.368 e. The van der Waals surface area contributed by atoms with E-state index in [1.54, 1.807) is 0 Å². The van der Waals surface area contributed by atoms with Gasteiger partial charge in [0.25, 0.3) is 0 Å². The quantitative estimate of drug-likeness (QED) is 0.677. The molecule has 0 fully saturated rings. The molecule has 0 aliphatic carbocycles. The average molecular weight is 253 g/mol. The molecule has 0 aliphatic rings. The predicted molar refractivity (Wildman–Crippen MR) is 73.2 cm³/mol. The van der Waals surface area contributed by atoms with Gasteiger partial charge < -0.3 is 5.32 Å². The van der Waals surface area contributed by atoms with Crippen LogP contribution in [0, 0.1) is 5.82 Å². The van der Waals surface area contributed by atoms with Gasteiger partial charge in [0.15, 0.2) is 11.6 Å². The molecule has 3 nitrogen and oxygen atoms in total. The summed E-state index contributed by atoms with van der Waals surface area (Å²) in [6.07, 6.45) is 9.43. The van der Waals surface area contributed by atoms with Crippen LogP contribution in [0.25, 0.3) is 0 Å². The van der Waals surface area contributed by atoms with E-state index in [1.807, 2.05) is 6.92 Å². The summed E-state index contributed by atoms with van der Waals surface area (Å²) in [5.74, 6) is 0.0430. The van der Waals surface area contributed by atoms with E-state index in [0.717, 1.165) is 13.0 Å². The Morgan fingerprint density at radius 3 is 2.50 bits per heavy atom. The standard InChI is InChI=1S/C14H24FN3/c1-3-5-6-7-8-9-10-16-14-13(15)12(4-2)17-11-18-14/h11H,3-10H2,1-2H3,(H,16,17,18). The highest BCUT2D eigenvalue weighted by molar-refractivity contribution is 5.36. The summed E-state index contributed by atoms with van der Waals surface area (Å²) in [6, 6.07) is 0. The third-order valence-electron chi connectivity index (χ3n) is 3.02. The lowest BCUT2D eigenvalue weighted by molar-refractivity contribution is 0.592. The highest BCUT2D eigenvalue weighted by Crippen LogP contribution is 2.13. The van der Waals surface area contributed by atoms with E-state index in [4.69, 9.17) is 0 Å². The van der Waals surface area contributed by atoms with Gasteiger partial charge in [0.1, 0.15) is 6.33 Å². The first-order valence-corrected chi connectivity index (χ1v) is 7.02. The number of halogens is 1. The summed E-state index contributed by atoms with van der Waals surface area (Å²) < 4.78 is 13.8. The monoisotopic (exact) mass is 253 g/mol. The van der Waals surface area contributed by atoms with Gasteiger partial charge in [-0.1, -0.05) is 46.0 Å². The first-order valence-electron chi connectivity index (χ1n) is 7.02. The van der Waals surface area contributed by atoms with Crippen molar-refractivity contribution in [1.82, 2.24) is 9.97 Å². The van der Waals surface area contributed by atoms with E-state index >= 15 is 0 Å². The summed E-state index contributed by atoms with van der Waals surface area (Å²) in [6.45, 7) is 4.89. The van der Waals surface area contributed by atoms with Crippen LogP contribution in [0.3, 0.4) is 0 Å². The Labute approximate surface area is 109 Å². The molecule has 0 atom stereocenters. The van der Waals surface area contributed by atoms with Crippen molar-refractivity contribution < 1.29 is 4.39 Å². The third kappa shape index (κ3) is 4.98. The molecule has 0 amide bonds. The number of unbranched alkanes of at least 4 members (excludes halogenated alkanes) is 5. The van der Waals surface area contributed by atoms with Gasteiger partial charge in [-0.3, -0.25) is 0 Å². The first kappa shape index (κ1) is 14.9. The molecule has 1 N–H and O–H groups in total. The predicted octanol–water partition coefficient (Wildman–Crippen LogP) is 3.95. The molecule has 0 saturated carbocycles. The number of aryl methyl sites for hydroxylation is 1. The van der Waals surface area contributed by atoms with E-state index in [9.17, 15) is 4.39 Å². The Morgan fingerprint density at radius 2 is 1.78 bits per heavy atom. The van der Waals surface area contributed by atoms with E-state index < -0.39 is 0 Å². The van der Waals surface area contributed by atoms with E-state index in [2.05, 4.69) is 22.2 Å². The molecule has 0 unspecified atom stereocenters. The third-order valence-corrected chi connectivity index (χ3v) is 3.02. The van der Waals surface area contributed by atoms with E-state index in [-0.39, 0.29) is 5.82 Å². The second-order valence-corrected chi connectivity index (χ2v) is 4.53. The topological polar surface area (TPSA) is 37.8 Å². The molecule has 1 aromatic heterocycles. The number of anilines is 1. The molecular formula is C14H24FN3. The number of hydrogen-bond acceptors (Lipinski definition) is 3. The lowest BCUT2D eigenvalue weighted by atomic mass is 10.1. The van der Waals surface area contributed by atoms with Crippen LogP contribution < -0.4 is 5.32 Å². The highest BCUT2D eigenvalue weighted by atomic mass is 19.1. The van der Waals surface area contributed by atoms with Crippen LogP contribution in [0.4, 0.5) is 10.2 Å². The number of aromatic nitrogens is 2. The smallest absolute Gasteiger partial charge is 0.186 e. The Kier molecular flexibility index (Phi) is 7.30. The molecule has 102 valence electrons. The van der Waals surface area contributed by atoms with Gasteiger partial charge in [-0.25, -0.2) is 14.4 Å². The summed E-state index contributed by atoms with van der Waals surface area (Å²) in [7, 11) is 0. The van der Waals surface area contributed by atoms with Gasteiger partial charge >= 0.3 is 0 Å². The zero-order chi connectivity index (χ0) is 13.2. The summed E-state index contributed by atoms with van der Waals surface area (Å²) in [5.41, 5.74) is 0.482. The maximum absolute atomic E-state index is 13.8. The Bertz CT molecular complexity index is 342. The zero-order valence-electron chi connectivity index (χ0n) is 11.5. The van der Waals surface area contributed by atoms with Crippen LogP contribution >= 0.6 is 0 Å². The van der Waals surface area contributed by atoms with Crippen molar-refractivity contribution >= 4 is 5.82 Å². The van der Waals surface area contributed by atoms with Crippen molar-refractivity contribution in [2.45, 2.75) is 58.8 Å². The normalized spacial score (nSPS) is 10.6. The fourth-order valence-electron chi connectivity index (χ4n) is 1.89. The van der Waals surface area contributed by atoms with Crippen LogP contribution in [0.5, 0.6) is 0 Å². The fourth-order valence-corrected chi connectivity index (χ4v) is 1.89. The van der Waals surface area contributed by atoms with Crippen LogP contribution in [0.1, 0.15) is 58.1 Å². The molecule has 0 spiro atoms. The Balaban J connectivity index is 2.23. The highest BCUT2D eigenvalue weighted by Gasteiger charge is 2.08. The van der Waals surface area contributed by atoms with Crippen molar-refractivity contribution in [3.05, 3.63) is 17.8 Å². The SMILES string of the molecule is CCCCCCCCNc1ncnc(CC)c1F. The van der Waals surface area contributed by atoms with Gasteiger partial charge in [0.2, 0.25) is 0 Å². The molecule has 4 heteroatoms. The lowest BCUT2D eigenvalue weighted by Crippen LogP contribution is -2.08. The molecule has 0 radical (unpaired) electrons. The van der Waals surface area contributed by atoms with Gasteiger partial charge in [-0.15, -0.1) is 0 Å². The summed E-state index contributed by atoms with van der Waals surface area (Å²) in [4.78, 5) is 7.85. The zero-order valence-corrected chi connectivity index (χ0v) is 11.5. The van der Waals surface area contributed by atoms with Gasteiger partial charge in [-0.05, 0) is 12.8 Å². The van der Waals surface area contributed by atoms with E-state index in [1.165, 1.54) is 38.4 Å². The molecule has 0 aromatic carbocycles. The minimum atomic E-state index is -0.300. The second-order valence-electron chi connectivity index (χ2n) is 4.53. The fraction of sp³-hybridized carbons (Fsp3) is 0.714. The maximum Gasteiger partial charge on any atom is 0.186 e. The largest absolute Gasteiger partial charge is 0.368 e. The average Bonchev–Trinajstić information content (AvgIpc) is 2.39. The van der Waals surface area contributed by atoms with Crippen molar-refractivity contribution in [3.63, 3.8) is 0 Å².